The van der Waals surface area contributed by atoms with Gasteiger partial charge < -0.3 is 9.64 Å². The third kappa shape index (κ3) is 4.72. The Bertz CT molecular complexity index is 1160. The minimum absolute atomic E-state index is 0.100. The van der Waals surface area contributed by atoms with Crippen LogP contribution in [0.5, 0.6) is 5.75 Å². The van der Waals surface area contributed by atoms with Crippen LogP contribution in [-0.2, 0) is 10.0 Å². The molecule has 1 N–H and O–H groups in total. The number of benzene rings is 3. The minimum Gasteiger partial charge on any atom is -0.497 e. The number of carbonyl (C=O) groups is 1. The number of nitrogens with one attached hydrogen (secondary N) is 1. The van der Waals surface area contributed by atoms with Gasteiger partial charge in [-0.15, -0.1) is 0 Å². The van der Waals surface area contributed by atoms with Gasteiger partial charge in [0.25, 0.3) is 15.9 Å². The first-order valence-corrected chi connectivity index (χ1v) is 11.6. The van der Waals surface area contributed by atoms with E-state index in [4.69, 9.17) is 4.74 Å². The number of methoxy groups -OCH3 is 1. The van der Waals surface area contributed by atoms with Crippen LogP contribution in [0.1, 0.15) is 28.3 Å². The van der Waals surface area contributed by atoms with Gasteiger partial charge >= 0.3 is 0 Å². The molecule has 0 aliphatic carbocycles. The van der Waals surface area contributed by atoms with Crippen molar-refractivity contribution in [3.63, 3.8) is 0 Å². The second-order valence-corrected chi connectivity index (χ2v) is 9.19. The van der Waals surface area contributed by atoms with Gasteiger partial charge in [-0.05, 0) is 54.4 Å². The fourth-order valence-corrected chi connectivity index (χ4v) is 4.88. The molecular formula is C24H24N2O4S. The lowest BCUT2D eigenvalue weighted by molar-refractivity contribution is 0.0791. The van der Waals surface area contributed by atoms with Crippen molar-refractivity contribution in [2.75, 3.05) is 24.9 Å². The summed E-state index contributed by atoms with van der Waals surface area (Å²) in [5.74, 6) is 0.982. The first-order chi connectivity index (χ1) is 15.0. The van der Waals surface area contributed by atoms with E-state index < -0.39 is 10.0 Å². The van der Waals surface area contributed by atoms with Crippen LogP contribution in [0.3, 0.4) is 0 Å². The summed E-state index contributed by atoms with van der Waals surface area (Å²) in [5, 5.41) is 0. The van der Waals surface area contributed by atoms with E-state index in [1.54, 1.807) is 49.6 Å². The zero-order chi connectivity index (χ0) is 21.8. The lowest BCUT2D eigenvalue weighted by Gasteiger charge is -2.18. The van der Waals surface area contributed by atoms with Crippen molar-refractivity contribution >= 4 is 21.6 Å². The standard InChI is InChI=1S/C24H24N2O4S/c1-30-22-12-10-18(11-13-22)20-14-15-26(17-20)24(27)19-6-5-7-21(16-19)25-31(28,29)23-8-3-2-4-9-23/h2-13,16,20,25H,14-15,17H2,1H3. The highest BCUT2D eigenvalue weighted by Crippen LogP contribution is 2.29. The Hall–Kier alpha value is -3.32. The molecule has 0 saturated carbocycles. The van der Waals surface area contributed by atoms with E-state index in [2.05, 4.69) is 4.72 Å². The number of amides is 1. The van der Waals surface area contributed by atoms with Crippen LogP contribution in [0.15, 0.2) is 83.8 Å². The van der Waals surface area contributed by atoms with E-state index in [1.165, 1.54) is 17.7 Å². The van der Waals surface area contributed by atoms with E-state index in [0.717, 1.165) is 12.2 Å². The largest absolute Gasteiger partial charge is 0.497 e. The van der Waals surface area contributed by atoms with Crippen LogP contribution in [0.25, 0.3) is 0 Å². The van der Waals surface area contributed by atoms with Crippen LogP contribution in [-0.4, -0.2) is 39.4 Å². The molecule has 0 radical (unpaired) electrons. The highest BCUT2D eigenvalue weighted by atomic mass is 32.2. The molecule has 160 valence electrons. The zero-order valence-corrected chi connectivity index (χ0v) is 18.0. The third-order valence-corrected chi connectivity index (χ3v) is 6.88. The molecule has 1 amide bonds. The number of likely N-dealkylation sites (tertiary alicyclic amines) is 1. The number of hydrogen-bond acceptors (Lipinski definition) is 4. The molecule has 1 saturated heterocycles. The molecule has 0 bridgehead atoms. The Morgan fingerprint density at radius 1 is 1.00 bits per heavy atom. The smallest absolute Gasteiger partial charge is 0.261 e. The lowest BCUT2D eigenvalue weighted by Crippen LogP contribution is -2.28. The Morgan fingerprint density at radius 2 is 1.74 bits per heavy atom. The van der Waals surface area contributed by atoms with Crippen LogP contribution >= 0.6 is 0 Å². The molecule has 0 spiro atoms. The molecule has 31 heavy (non-hydrogen) atoms. The molecule has 1 heterocycles. The topological polar surface area (TPSA) is 75.7 Å². The predicted octanol–water partition coefficient (Wildman–Crippen LogP) is 4.13. The number of anilines is 1. The minimum atomic E-state index is -3.71. The molecule has 1 aliphatic heterocycles. The Morgan fingerprint density at radius 3 is 2.45 bits per heavy atom. The first kappa shape index (κ1) is 20.9. The van der Waals surface area contributed by atoms with E-state index in [0.29, 0.717) is 24.3 Å². The molecule has 3 aromatic rings. The number of hydrogen-bond donors (Lipinski definition) is 1. The molecular weight excluding hydrogens is 412 g/mol. The lowest BCUT2D eigenvalue weighted by atomic mass is 9.98. The zero-order valence-electron chi connectivity index (χ0n) is 17.2. The maximum absolute atomic E-state index is 13.0. The van der Waals surface area contributed by atoms with Crippen molar-refractivity contribution in [1.29, 1.82) is 0 Å². The third-order valence-electron chi connectivity index (χ3n) is 5.48. The Kier molecular flexibility index (Phi) is 5.95. The fraction of sp³-hybridized carbons (Fsp3) is 0.208. The van der Waals surface area contributed by atoms with Gasteiger partial charge in [0.05, 0.1) is 12.0 Å². The average Bonchev–Trinajstić information content (AvgIpc) is 3.29. The summed E-state index contributed by atoms with van der Waals surface area (Å²) < 4.78 is 32.9. The molecule has 6 nitrogen and oxygen atoms in total. The van der Waals surface area contributed by atoms with Gasteiger partial charge in [-0.2, -0.15) is 0 Å². The van der Waals surface area contributed by atoms with Gasteiger partial charge in [0.15, 0.2) is 0 Å². The van der Waals surface area contributed by atoms with Gasteiger partial charge in [0.2, 0.25) is 0 Å². The summed E-state index contributed by atoms with van der Waals surface area (Å²) in [6.07, 6.45) is 0.887. The first-order valence-electron chi connectivity index (χ1n) is 10.1. The van der Waals surface area contributed by atoms with Crippen LogP contribution in [0.4, 0.5) is 5.69 Å². The van der Waals surface area contributed by atoms with Gasteiger partial charge in [0, 0.05) is 30.3 Å². The second kappa shape index (κ2) is 8.81. The normalized spacial score (nSPS) is 16.2. The number of sulfonamides is 1. The number of ether oxygens (including phenoxy) is 1. The molecule has 1 fully saturated rings. The second-order valence-electron chi connectivity index (χ2n) is 7.51. The summed E-state index contributed by atoms with van der Waals surface area (Å²) in [7, 11) is -2.07. The van der Waals surface area contributed by atoms with Crippen LogP contribution in [0.2, 0.25) is 0 Å². The van der Waals surface area contributed by atoms with Crippen molar-refractivity contribution in [3.8, 4) is 5.75 Å². The highest BCUT2D eigenvalue weighted by molar-refractivity contribution is 7.92. The molecule has 1 unspecified atom stereocenters. The highest BCUT2D eigenvalue weighted by Gasteiger charge is 2.28. The van der Waals surface area contributed by atoms with E-state index in [1.807, 2.05) is 29.2 Å². The quantitative estimate of drug-likeness (QED) is 0.631. The van der Waals surface area contributed by atoms with E-state index in [-0.39, 0.29) is 16.7 Å². The van der Waals surface area contributed by atoms with Crippen molar-refractivity contribution in [1.82, 2.24) is 4.90 Å². The maximum atomic E-state index is 13.0. The summed E-state index contributed by atoms with van der Waals surface area (Å²) >= 11 is 0. The molecule has 1 aliphatic rings. The van der Waals surface area contributed by atoms with Crippen molar-refractivity contribution in [2.45, 2.75) is 17.2 Å². The average molecular weight is 437 g/mol. The van der Waals surface area contributed by atoms with Gasteiger partial charge in [-0.1, -0.05) is 36.4 Å². The van der Waals surface area contributed by atoms with Crippen molar-refractivity contribution in [2.24, 2.45) is 0 Å². The van der Waals surface area contributed by atoms with Gasteiger partial charge in [-0.3, -0.25) is 9.52 Å². The Balaban J connectivity index is 1.46. The van der Waals surface area contributed by atoms with Crippen LogP contribution in [0, 0.1) is 0 Å². The predicted molar refractivity (Wildman–Crippen MR) is 120 cm³/mol. The number of rotatable bonds is 6. The summed E-state index contributed by atoms with van der Waals surface area (Å²) in [6, 6.07) is 22.7. The van der Waals surface area contributed by atoms with Gasteiger partial charge in [0.1, 0.15) is 5.75 Å². The maximum Gasteiger partial charge on any atom is 0.261 e. The molecule has 7 heteroatoms. The SMILES string of the molecule is COc1ccc(C2CCN(C(=O)c3cccc(NS(=O)(=O)c4ccccc4)c3)C2)cc1. The Labute approximate surface area is 182 Å². The van der Waals surface area contributed by atoms with Crippen molar-refractivity contribution in [3.05, 3.63) is 90.0 Å². The summed E-state index contributed by atoms with van der Waals surface area (Å²) in [6.45, 7) is 1.29. The number of nitrogens with zero attached hydrogens (tertiary/aromatic N) is 1. The molecule has 0 aromatic heterocycles. The monoisotopic (exact) mass is 436 g/mol. The van der Waals surface area contributed by atoms with Crippen molar-refractivity contribution < 1.29 is 17.9 Å². The van der Waals surface area contributed by atoms with E-state index >= 15 is 0 Å². The molecule has 1 atom stereocenters. The summed E-state index contributed by atoms with van der Waals surface area (Å²) in [4.78, 5) is 15.0. The van der Waals surface area contributed by atoms with E-state index in [9.17, 15) is 13.2 Å². The molecule has 3 aromatic carbocycles. The number of carbonyl (C=O) groups excluding carboxylic acids is 1. The molecule has 4 rings (SSSR count). The summed E-state index contributed by atoms with van der Waals surface area (Å²) in [5.41, 5.74) is 2.00. The fourth-order valence-electron chi connectivity index (χ4n) is 3.80. The van der Waals surface area contributed by atoms with Crippen LogP contribution < -0.4 is 9.46 Å². The van der Waals surface area contributed by atoms with Gasteiger partial charge in [-0.25, -0.2) is 8.42 Å².